The fraction of sp³-hybridized carbons (Fsp3) is 0.750. The first-order chi connectivity index (χ1) is 13.5. The van der Waals surface area contributed by atoms with Crippen LogP contribution in [0.3, 0.4) is 0 Å². The zero-order chi connectivity index (χ0) is 19.6. The third-order valence-electron chi connectivity index (χ3n) is 7.59. The Morgan fingerprint density at radius 3 is 1.31 bits per heavy atom. The van der Waals surface area contributed by atoms with E-state index in [2.05, 4.69) is 12.1 Å². The molecule has 1 aromatic rings. The summed E-state index contributed by atoms with van der Waals surface area (Å²) in [6, 6.07) is 4.31. The number of hydrogen-bond acceptors (Lipinski definition) is 3. The first-order valence-corrected chi connectivity index (χ1v) is 13.1. The first kappa shape index (κ1) is 23.8. The Bertz CT molecular complexity index is 732. The van der Waals surface area contributed by atoms with E-state index in [1.807, 2.05) is 0 Å². The second-order valence-corrected chi connectivity index (χ2v) is 10.8. The fourth-order valence-electron chi connectivity index (χ4n) is 6.09. The standard InChI is InChI=1S/C24H36O3S.Na/c25-28(26,27)24-22(19-12-6-2-7-13-19)16-21(18-10-4-1-5-11-18)17-23(24)20-14-8-3-9-15-20;/h16-20H,1-15H2,(H,25,26,27);/q;+1/p-1. The fourth-order valence-corrected chi connectivity index (χ4v) is 7.12. The first-order valence-electron chi connectivity index (χ1n) is 11.7. The maximum Gasteiger partial charge on any atom is 1.00 e. The van der Waals surface area contributed by atoms with Crippen molar-refractivity contribution in [1.29, 1.82) is 0 Å². The molecular weight excluding hydrogens is 391 g/mol. The van der Waals surface area contributed by atoms with Crippen LogP contribution in [0, 0.1) is 0 Å². The molecule has 0 saturated heterocycles. The van der Waals surface area contributed by atoms with Crippen molar-refractivity contribution < 1.29 is 42.5 Å². The molecule has 0 amide bonds. The summed E-state index contributed by atoms with van der Waals surface area (Å²) >= 11 is 0. The van der Waals surface area contributed by atoms with E-state index in [0.29, 0.717) is 5.92 Å². The molecule has 156 valence electrons. The van der Waals surface area contributed by atoms with Crippen molar-refractivity contribution >= 4 is 10.1 Å². The van der Waals surface area contributed by atoms with Crippen LogP contribution in [0.2, 0.25) is 0 Å². The van der Waals surface area contributed by atoms with E-state index < -0.39 is 10.1 Å². The van der Waals surface area contributed by atoms with Gasteiger partial charge in [0, 0.05) is 0 Å². The molecule has 0 radical (unpaired) electrons. The maximum absolute atomic E-state index is 12.5. The largest absolute Gasteiger partial charge is 1.00 e. The van der Waals surface area contributed by atoms with Crippen LogP contribution >= 0.6 is 0 Å². The molecule has 0 unspecified atom stereocenters. The molecule has 3 fully saturated rings. The van der Waals surface area contributed by atoms with E-state index in [9.17, 15) is 13.0 Å². The minimum Gasteiger partial charge on any atom is -0.744 e. The normalized spacial score (nSPS) is 22.9. The van der Waals surface area contributed by atoms with Gasteiger partial charge in [-0.25, -0.2) is 8.42 Å². The van der Waals surface area contributed by atoms with Gasteiger partial charge in [0.05, 0.1) is 4.90 Å². The van der Waals surface area contributed by atoms with Gasteiger partial charge in [-0.15, -0.1) is 0 Å². The quantitative estimate of drug-likeness (QED) is 0.544. The van der Waals surface area contributed by atoms with Crippen molar-refractivity contribution in [3.63, 3.8) is 0 Å². The van der Waals surface area contributed by atoms with Crippen LogP contribution in [0.15, 0.2) is 17.0 Å². The van der Waals surface area contributed by atoms with E-state index in [-0.39, 0.29) is 46.3 Å². The third-order valence-corrected chi connectivity index (χ3v) is 8.56. The summed E-state index contributed by atoms with van der Waals surface area (Å²) in [5, 5.41) is 0. The van der Waals surface area contributed by atoms with E-state index in [0.717, 1.165) is 62.5 Å². The zero-order valence-electron chi connectivity index (χ0n) is 18.1. The summed E-state index contributed by atoms with van der Waals surface area (Å²) in [4.78, 5) is 0.186. The van der Waals surface area contributed by atoms with Crippen molar-refractivity contribution in [3.8, 4) is 0 Å². The van der Waals surface area contributed by atoms with Crippen molar-refractivity contribution in [2.45, 2.75) is 119 Å². The van der Waals surface area contributed by atoms with E-state index >= 15 is 0 Å². The Kier molecular flexibility index (Phi) is 8.72. The van der Waals surface area contributed by atoms with Crippen molar-refractivity contribution in [3.05, 3.63) is 28.8 Å². The molecule has 3 aliphatic carbocycles. The van der Waals surface area contributed by atoms with Crippen molar-refractivity contribution in [1.82, 2.24) is 0 Å². The maximum atomic E-state index is 12.5. The molecule has 3 saturated carbocycles. The van der Waals surface area contributed by atoms with Crippen LogP contribution in [0.25, 0.3) is 0 Å². The Hall–Kier alpha value is 0.130. The van der Waals surface area contributed by atoms with Gasteiger partial charge in [-0.1, -0.05) is 69.9 Å². The minimum atomic E-state index is -4.46. The Labute approximate surface area is 199 Å². The van der Waals surface area contributed by atoms with E-state index in [4.69, 9.17) is 0 Å². The summed E-state index contributed by atoms with van der Waals surface area (Å²) in [5.74, 6) is 1.04. The molecule has 4 rings (SSSR count). The SMILES string of the molecule is O=S(=O)([O-])c1c(C2CCCCC2)cc(C2CCCCC2)cc1C1CCCCC1.[Na+]. The van der Waals surface area contributed by atoms with Crippen LogP contribution in [0.4, 0.5) is 0 Å². The summed E-state index contributed by atoms with van der Waals surface area (Å²) in [6.45, 7) is 0. The molecule has 0 spiro atoms. The van der Waals surface area contributed by atoms with E-state index in [1.165, 1.54) is 50.5 Å². The average molecular weight is 427 g/mol. The second-order valence-electron chi connectivity index (χ2n) is 9.49. The second kappa shape index (κ2) is 10.6. The smallest absolute Gasteiger partial charge is 0.744 e. The molecule has 0 N–H and O–H groups in total. The average Bonchev–Trinajstić information content (AvgIpc) is 2.74. The summed E-state index contributed by atoms with van der Waals surface area (Å²) in [6.07, 6.45) is 17.4. The number of hydrogen-bond donors (Lipinski definition) is 0. The number of rotatable bonds is 4. The molecule has 0 aliphatic heterocycles. The van der Waals surface area contributed by atoms with Crippen LogP contribution in [-0.2, 0) is 10.1 Å². The summed E-state index contributed by atoms with van der Waals surface area (Å²) in [7, 11) is -4.46. The van der Waals surface area contributed by atoms with Crippen molar-refractivity contribution in [2.75, 3.05) is 0 Å². The molecule has 29 heavy (non-hydrogen) atoms. The summed E-state index contributed by atoms with van der Waals surface area (Å²) in [5.41, 5.74) is 3.10. The van der Waals surface area contributed by atoms with Gasteiger partial charge < -0.3 is 4.55 Å². The molecule has 3 nitrogen and oxygen atoms in total. The Morgan fingerprint density at radius 2 is 0.966 bits per heavy atom. The predicted octanol–water partition coefficient (Wildman–Crippen LogP) is 3.74. The van der Waals surface area contributed by atoms with Gasteiger partial charge >= 0.3 is 29.6 Å². The van der Waals surface area contributed by atoms with Gasteiger partial charge in [-0.2, -0.15) is 0 Å². The van der Waals surface area contributed by atoms with E-state index in [1.54, 1.807) is 0 Å². The minimum absolute atomic E-state index is 0. The zero-order valence-corrected chi connectivity index (χ0v) is 20.9. The topological polar surface area (TPSA) is 57.2 Å². The predicted molar refractivity (Wildman–Crippen MR) is 112 cm³/mol. The Morgan fingerprint density at radius 1 is 0.621 bits per heavy atom. The molecule has 0 heterocycles. The number of benzene rings is 1. The van der Waals surface area contributed by atoms with Crippen LogP contribution < -0.4 is 29.6 Å². The molecule has 5 heteroatoms. The van der Waals surface area contributed by atoms with Crippen LogP contribution in [0.5, 0.6) is 0 Å². The van der Waals surface area contributed by atoms with Gasteiger partial charge in [-0.3, -0.25) is 0 Å². The molecule has 1 aromatic carbocycles. The van der Waals surface area contributed by atoms with Crippen molar-refractivity contribution in [2.24, 2.45) is 0 Å². The molecule has 3 aliphatic rings. The van der Waals surface area contributed by atoms with Gasteiger partial charge in [0.25, 0.3) is 0 Å². The molecule has 0 aromatic heterocycles. The molecule has 0 atom stereocenters. The van der Waals surface area contributed by atoms with Gasteiger partial charge in [0.2, 0.25) is 0 Å². The Balaban J connectivity index is 0.00000240. The summed E-state index contributed by atoms with van der Waals surface area (Å²) < 4.78 is 37.5. The third kappa shape index (κ3) is 5.68. The van der Waals surface area contributed by atoms with Crippen LogP contribution in [0.1, 0.15) is 131 Å². The van der Waals surface area contributed by atoms with Gasteiger partial charge in [-0.05, 0) is 73.0 Å². The molecule has 0 bridgehead atoms. The van der Waals surface area contributed by atoms with Crippen LogP contribution in [-0.4, -0.2) is 13.0 Å². The monoisotopic (exact) mass is 426 g/mol. The van der Waals surface area contributed by atoms with Gasteiger partial charge in [0.1, 0.15) is 10.1 Å². The molecular formula is C24H35NaO3S. The van der Waals surface area contributed by atoms with Gasteiger partial charge in [0.15, 0.2) is 0 Å².